The van der Waals surface area contributed by atoms with E-state index in [1.54, 1.807) is 18.5 Å². The molecular formula is C13H12N4. The standard InChI is InChI=1S/C13H12N4/c1-17(2)10-13(7-11(8-14)9-15)12-3-5-16-6-4-12/h3-7,10H,1-2H3/b13-10-. The third kappa shape index (κ3) is 3.81. The molecule has 84 valence electrons. The van der Waals surface area contributed by atoms with E-state index in [1.807, 2.05) is 49.5 Å². The molecule has 0 amide bonds. The summed E-state index contributed by atoms with van der Waals surface area (Å²) in [4.78, 5) is 5.79. The molecule has 0 atom stereocenters. The Hall–Kier alpha value is -2.59. The number of hydrogen-bond donors (Lipinski definition) is 0. The van der Waals surface area contributed by atoms with Crippen LogP contribution in [0.2, 0.25) is 0 Å². The Kier molecular flexibility index (Phi) is 4.47. The van der Waals surface area contributed by atoms with Crippen LogP contribution in [0.1, 0.15) is 5.56 Å². The Morgan fingerprint density at radius 1 is 1.24 bits per heavy atom. The van der Waals surface area contributed by atoms with Crippen LogP contribution in [0.15, 0.2) is 42.4 Å². The van der Waals surface area contributed by atoms with Crippen LogP contribution in [0.5, 0.6) is 0 Å². The predicted octanol–water partition coefficient (Wildman–Crippen LogP) is 1.96. The summed E-state index contributed by atoms with van der Waals surface area (Å²) in [6.45, 7) is 0. The molecule has 1 heterocycles. The summed E-state index contributed by atoms with van der Waals surface area (Å²) in [6, 6.07) is 7.36. The van der Waals surface area contributed by atoms with Gasteiger partial charge in [0.1, 0.15) is 17.7 Å². The zero-order valence-corrected chi connectivity index (χ0v) is 9.75. The third-order valence-electron chi connectivity index (χ3n) is 1.95. The summed E-state index contributed by atoms with van der Waals surface area (Å²) in [5.74, 6) is 0. The second kappa shape index (κ2) is 6.09. The van der Waals surface area contributed by atoms with Gasteiger partial charge in [-0.1, -0.05) is 0 Å². The first-order valence-corrected chi connectivity index (χ1v) is 4.98. The highest BCUT2D eigenvalue weighted by Crippen LogP contribution is 2.16. The van der Waals surface area contributed by atoms with Crippen molar-refractivity contribution in [3.63, 3.8) is 0 Å². The molecule has 0 saturated carbocycles. The lowest BCUT2D eigenvalue weighted by Crippen LogP contribution is -2.02. The largest absolute Gasteiger partial charge is 0.383 e. The molecule has 1 rings (SSSR count). The zero-order valence-electron chi connectivity index (χ0n) is 9.75. The molecule has 1 aromatic heterocycles. The third-order valence-corrected chi connectivity index (χ3v) is 1.95. The number of rotatable bonds is 3. The summed E-state index contributed by atoms with van der Waals surface area (Å²) in [5, 5.41) is 17.5. The van der Waals surface area contributed by atoms with Gasteiger partial charge in [-0.2, -0.15) is 10.5 Å². The first-order valence-electron chi connectivity index (χ1n) is 4.98. The summed E-state index contributed by atoms with van der Waals surface area (Å²) in [5.41, 5.74) is 1.79. The van der Waals surface area contributed by atoms with Gasteiger partial charge < -0.3 is 4.90 Å². The molecule has 0 aromatic carbocycles. The molecule has 4 heteroatoms. The van der Waals surface area contributed by atoms with Crippen molar-refractivity contribution in [2.45, 2.75) is 0 Å². The summed E-state index contributed by atoms with van der Waals surface area (Å²) in [7, 11) is 3.76. The Morgan fingerprint density at radius 3 is 2.29 bits per heavy atom. The lowest BCUT2D eigenvalue weighted by molar-refractivity contribution is 0.566. The molecule has 0 saturated heterocycles. The fourth-order valence-electron chi connectivity index (χ4n) is 1.26. The smallest absolute Gasteiger partial charge is 0.130 e. The van der Waals surface area contributed by atoms with E-state index in [9.17, 15) is 0 Å². The molecule has 0 radical (unpaired) electrons. The van der Waals surface area contributed by atoms with Crippen LogP contribution < -0.4 is 0 Å². The minimum absolute atomic E-state index is 0.0786. The summed E-state index contributed by atoms with van der Waals surface area (Å²) < 4.78 is 0. The van der Waals surface area contributed by atoms with Gasteiger partial charge in [0.25, 0.3) is 0 Å². The highest BCUT2D eigenvalue weighted by Gasteiger charge is 2.01. The molecule has 0 spiro atoms. The summed E-state index contributed by atoms with van der Waals surface area (Å²) >= 11 is 0. The van der Waals surface area contributed by atoms with Gasteiger partial charge in [0, 0.05) is 32.7 Å². The van der Waals surface area contributed by atoms with Gasteiger partial charge in [-0.05, 0) is 29.3 Å². The van der Waals surface area contributed by atoms with Gasteiger partial charge in [-0.15, -0.1) is 0 Å². The van der Waals surface area contributed by atoms with Crippen LogP contribution in [-0.4, -0.2) is 24.0 Å². The fourth-order valence-corrected chi connectivity index (χ4v) is 1.26. The molecule has 0 fully saturated rings. The first kappa shape index (κ1) is 12.5. The molecule has 0 aliphatic rings. The van der Waals surface area contributed by atoms with Gasteiger partial charge in [0.2, 0.25) is 0 Å². The van der Waals surface area contributed by atoms with Crippen molar-refractivity contribution in [3.8, 4) is 12.1 Å². The van der Waals surface area contributed by atoms with Crippen molar-refractivity contribution in [1.82, 2.24) is 9.88 Å². The molecular weight excluding hydrogens is 212 g/mol. The number of pyridine rings is 1. The van der Waals surface area contributed by atoms with Crippen LogP contribution >= 0.6 is 0 Å². The van der Waals surface area contributed by atoms with E-state index in [2.05, 4.69) is 4.98 Å². The van der Waals surface area contributed by atoms with E-state index in [0.29, 0.717) is 0 Å². The number of hydrogen-bond acceptors (Lipinski definition) is 4. The molecule has 4 nitrogen and oxygen atoms in total. The quantitative estimate of drug-likeness (QED) is 0.581. The Labute approximate surface area is 101 Å². The van der Waals surface area contributed by atoms with Crippen molar-refractivity contribution in [1.29, 1.82) is 10.5 Å². The summed E-state index contributed by atoms with van der Waals surface area (Å²) in [6.07, 6.45) is 6.76. The van der Waals surface area contributed by atoms with Crippen LogP contribution in [0.25, 0.3) is 5.57 Å². The predicted molar refractivity (Wildman–Crippen MR) is 65.2 cm³/mol. The van der Waals surface area contributed by atoms with E-state index in [1.165, 1.54) is 0 Å². The second-order valence-electron chi connectivity index (χ2n) is 3.57. The van der Waals surface area contributed by atoms with Crippen molar-refractivity contribution in [2.75, 3.05) is 14.1 Å². The van der Waals surface area contributed by atoms with Gasteiger partial charge in [0.05, 0.1) is 0 Å². The van der Waals surface area contributed by atoms with E-state index < -0.39 is 0 Å². The Balaban J connectivity index is 3.22. The fraction of sp³-hybridized carbons (Fsp3) is 0.154. The maximum Gasteiger partial charge on any atom is 0.130 e. The molecule has 0 aliphatic carbocycles. The lowest BCUT2D eigenvalue weighted by Gasteiger charge is -2.08. The first-order chi connectivity index (χ1) is 8.17. The maximum atomic E-state index is 8.76. The van der Waals surface area contributed by atoms with Gasteiger partial charge >= 0.3 is 0 Å². The van der Waals surface area contributed by atoms with Crippen molar-refractivity contribution in [2.24, 2.45) is 0 Å². The van der Waals surface area contributed by atoms with Crippen molar-refractivity contribution < 1.29 is 0 Å². The molecule has 0 bridgehead atoms. The minimum Gasteiger partial charge on any atom is -0.383 e. The van der Waals surface area contributed by atoms with Crippen LogP contribution in [0, 0.1) is 22.7 Å². The molecule has 0 aliphatic heterocycles. The second-order valence-corrected chi connectivity index (χ2v) is 3.57. The highest BCUT2D eigenvalue weighted by molar-refractivity contribution is 5.76. The molecule has 0 unspecified atom stereocenters. The van der Waals surface area contributed by atoms with Crippen molar-refractivity contribution >= 4 is 5.57 Å². The molecule has 0 N–H and O–H groups in total. The number of aromatic nitrogens is 1. The zero-order chi connectivity index (χ0) is 12.7. The average Bonchev–Trinajstić information content (AvgIpc) is 2.35. The highest BCUT2D eigenvalue weighted by atomic mass is 15.0. The van der Waals surface area contributed by atoms with Crippen molar-refractivity contribution in [3.05, 3.63) is 47.9 Å². The Morgan fingerprint density at radius 2 is 1.82 bits per heavy atom. The monoisotopic (exact) mass is 224 g/mol. The average molecular weight is 224 g/mol. The Bertz CT molecular complexity index is 497. The van der Waals surface area contributed by atoms with E-state index in [-0.39, 0.29) is 5.57 Å². The van der Waals surface area contributed by atoms with Crippen LogP contribution in [0.3, 0.4) is 0 Å². The van der Waals surface area contributed by atoms with Gasteiger partial charge in [0.15, 0.2) is 0 Å². The maximum absolute atomic E-state index is 8.76. The lowest BCUT2D eigenvalue weighted by atomic mass is 10.1. The number of nitriles is 2. The minimum atomic E-state index is 0.0786. The van der Waals surface area contributed by atoms with Gasteiger partial charge in [-0.25, -0.2) is 0 Å². The normalized spacial score (nSPS) is 10.0. The molecule has 1 aromatic rings. The van der Waals surface area contributed by atoms with Crippen LogP contribution in [0.4, 0.5) is 0 Å². The van der Waals surface area contributed by atoms with E-state index in [0.717, 1.165) is 11.1 Å². The molecule has 17 heavy (non-hydrogen) atoms. The van der Waals surface area contributed by atoms with E-state index >= 15 is 0 Å². The number of nitrogens with zero attached hydrogens (tertiary/aromatic N) is 4. The van der Waals surface area contributed by atoms with Crippen LogP contribution in [-0.2, 0) is 0 Å². The van der Waals surface area contributed by atoms with E-state index in [4.69, 9.17) is 10.5 Å². The topological polar surface area (TPSA) is 63.7 Å². The number of allylic oxidation sites excluding steroid dienone is 3. The SMILES string of the molecule is CN(C)/C=C(/C=C(C#N)C#N)c1ccncc1. The van der Waals surface area contributed by atoms with Gasteiger partial charge in [-0.3, -0.25) is 4.98 Å².